The second-order valence-electron chi connectivity index (χ2n) is 4.50. The summed E-state index contributed by atoms with van der Waals surface area (Å²) in [5, 5.41) is 5.45. The third-order valence-electron chi connectivity index (χ3n) is 2.69. The van der Waals surface area contributed by atoms with Gasteiger partial charge < -0.3 is 10.1 Å². The summed E-state index contributed by atoms with van der Waals surface area (Å²) in [6.45, 7) is 6.66. The average Bonchev–Trinajstić information content (AvgIpc) is 2.89. The molecular weight excluding hydrogens is 256 g/mol. The molecule has 0 saturated carbocycles. The fraction of sp³-hybridized carbons (Fsp3) is 0.400. The molecule has 0 fully saturated rings. The van der Waals surface area contributed by atoms with Crippen molar-refractivity contribution in [2.45, 2.75) is 33.4 Å². The monoisotopic (exact) mass is 276 g/mol. The van der Waals surface area contributed by atoms with Gasteiger partial charge in [-0.05, 0) is 43.0 Å². The molecule has 0 amide bonds. The molecule has 0 aliphatic rings. The van der Waals surface area contributed by atoms with Crippen LogP contribution in [0.15, 0.2) is 29.6 Å². The highest BCUT2D eigenvalue weighted by atomic mass is 32.1. The quantitative estimate of drug-likeness (QED) is 0.786. The summed E-state index contributed by atoms with van der Waals surface area (Å²) < 4.78 is 5.75. The number of hydrogen-bond acceptors (Lipinski definition) is 4. The Morgan fingerprint density at radius 3 is 3.00 bits per heavy atom. The van der Waals surface area contributed by atoms with Crippen LogP contribution in [0.4, 0.5) is 0 Å². The molecule has 1 N–H and O–H groups in total. The molecule has 0 radical (unpaired) electrons. The van der Waals surface area contributed by atoms with E-state index in [0.717, 1.165) is 25.2 Å². The van der Waals surface area contributed by atoms with Crippen molar-refractivity contribution in [2.24, 2.45) is 0 Å². The first kappa shape index (κ1) is 14.0. The molecule has 0 aliphatic heterocycles. The van der Waals surface area contributed by atoms with Crippen molar-refractivity contribution < 1.29 is 4.74 Å². The van der Waals surface area contributed by atoms with Crippen LogP contribution < -0.4 is 10.1 Å². The van der Waals surface area contributed by atoms with Gasteiger partial charge in [-0.25, -0.2) is 4.98 Å². The molecule has 3 nitrogen and oxygen atoms in total. The van der Waals surface area contributed by atoms with Gasteiger partial charge in [-0.3, -0.25) is 0 Å². The maximum absolute atomic E-state index is 5.75. The smallest absolute Gasteiger partial charge is 0.214 e. The Kier molecular flexibility index (Phi) is 5.36. The largest absolute Gasteiger partial charge is 0.472 e. The van der Waals surface area contributed by atoms with E-state index in [1.807, 2.05) is 19.1 Å². The van der Waals surface area contributed by atoms with E-state index in [9.17, 15) is 0 Å². The van der Waals surface area contributed by atoms with Gasteiger partial charge in [0.2, 0.25) is 5.88 Å². The van der Waals surface area contributed by atoms with Gasteiger partial charge in [-0.2, -0.15) is 0 Å². The number of nitrogens with one attached hydrogen (secondary N) is 1. The van der Waals surface area contributed by atoms with Gasteiger partial charge in [-0.15, -0.1) is 11.3 Å². The molecule has 0 aliphatic carbocycles. The van der Waals surface area contributed by atoms with Crippen molar-refractivity contribution >= 4 is 11.3 Å². The summed E-state index contributed by atoms with van der Waals surface area (Å²) in [4.78, 5) is 5.63. The number of thiophene rings is 1. The lowest BCUT2D eigenvalue weighted by atomic mass is 10.2. The number of pyridine rings is 1. The van der Waals surface area contributed by atoms with Gasteiger partial charge in [0, 0.05) is 23.2 Å². The van der Waals surface area contributed by atoms with Crippen LogP contribution in [0, 0.1) is 6.92 Å². The van der Waals surface area contributed by atoms with E-state index in [1.165, 1.54) is 10.4 Å². The van der Waals surface area contributed by atoms with Crippen LogP contribution in [0.2, 0.25) is 0 Å². The summed E-state index contributed by atoms with van der Waals surface area (Å²) in [6, 6.07) is 8.22. The van der Waals surface area contributed by atoms with Crippen LogP contribution in [-0.2, 0) is 13.2 Å². The highest BCUT2D eigenvalue weighted by Gasteiger charge is 2.02. The van der Waals surface area contributed by atoms with E-state index in [-0.39, 0.29) is 0 Å². The molecule has 2 aromatic rings. The number of nitrogens with zero attached hydrogens (tertiary/aromatic N) is 1. The number of hydrogen-bond donors (Lipinski definition) is 1. The Morgan fingerprint density at radius 2 is 2.26 bits per heavy atom. The number of aryl methyl sites for hydroxylation is 1. The zero-order valence-electron chi connectivity index (χ0n) is 11.5. The van der Waals surface area contributed by atoms with Gasteiger partial charge in [0.15, 0.2) is 0 Å². The Morgan fingerprint density at radius 1 is 1.37 bits per heavy atom. The van der Waals surface area contributed by atoms with Gasteiger partial charge >= 0.3 is 0 Å². The Bertz CT molecular complexity index is 497. The summed E-state index contributed by atoms with van der Waals surface area (Å²) in [5.74, 6) is 0.710. The fourth-order valence-electron chi connectivity index (χ4n) is 1.83. The van der Waals surface area contributed by atoms with Gasteiger partial charge in [0.1, 0.15) is 6.61 Å². The zero-order valence-corrected chi connectivity index (χ0v) is 12.3. The molecule has 2 rings (SSSR count). The number of aromatic nitrogens is 1. The topological polar surface area (TPSA) is 34.2 Å². The first-order valence-corrected chi connectivity index (χ1v) is 7.49. The summed E-state index contributed by atoms with van der Waals surface area (Å²) in [6.07, 6.45) is 1.14. The van der Waals surface area contributed by atoms with Crippen molar-refractivity contribution in [3.8, 4) is 5.88 Å². The summed E-state index contributed by atoms with van der Waals surface area (Å²) in [5.41, 5.74) is 2.22. The minimum atomic E-state index is 0.593. The SMILES string of the molecule is CCCNCc1cc(C)nc(OCc2cccs2)c1. The lowest BCUT2D eigenvalue weighted by Gasteiger charge is -2.08. The van der Waals surface area contributed by atoms with Crippen LogP contribution in [-0.4, -0.2) is 11.5 Å². The van der Waals surface area contributed by atoms with E-state index < -0.39 is 0 Å². The average molecular weight is 276 g/mol. The predicted molar refractivity (Wildman–Crippen MR) is 79.6 cm³/mol. The van der Waals surface area contributed by atoms with Gasteiger partial charge in [0.25, 0.3) is 0 Å². The Hall–Kier alpha value is -1.39. The van der Waals surface area contributed by atoms with Crippen molar-refractivity contribution in [3.63, 3.8) is 0 Å². The minimum absolute atomic E-state index is 0.593. The predicted octanol–water partition coefficient (Wildman–Crippen LogP) is 3.53. The summed E-state index contributed by atoms with van der Waals surface area (Å²) in [7, 11) is 0. The molecule has 0 unspecified atom stereocenters. The van der Waals surface area contributed by atoms with Crippen LogP contribution >= 0.6 is 11.3 Å². The molecule has 0 saturated heterocycles. The van der Waals surface area contributed by atoms with Crippen LogP contribution in [0.5, 0.6) is 5.88 Å². The standard InChI is InChI=1S/C15H20N2OS/c1-3-6-16-10-13-8-12(2)17-15(9-13)18-11-14-5-4-7-19-14/h4-5,7-9,16H,3,6,10-11H2,1-2H3. The molecule has 102 valence electrons. The number of rotatable bonds is 7. The van der Waals surface area contributed by atoms with E-state index in [0.29, 0.717) is 12.5 Å². The second kappa shape index (κ2) is 7.26. The van der Waals surface area contributed by atoms with Gasteiger partial charge in [-0.1, -0.05) is 13.0 Å². The Balaban J connectivity index is 1.95. The van der Waals surface area contributed by atoms with Crippen molar-refractivity contribution in [1.29, 1.82) is 0 Å². The lowest BCUT2D eigenvalue weighted by Crippen LogP contribution is -2.14. The molecule has 0 atom stereocenters. The molecule has 4 heteroatoms. The van der Waals surface area contributed by atoms with E-state index in [4.69, 9.17) is 4.74 Å². The molecule has 0 aromatic carbocycles. The number of ether oxygens (including phenoxy) is 1. The van der Waals surface area contributed by atoms with Crippen molar-refractivity contribution in [3.05, 3.63) is 45.8 Å². The second-order valence-corrected chi connectivity index (χ2v) is 5.53. The van der Waals surface area contributed by atoms with E-state index in [1.54, 1.807) is 11.3 Å². The molecule has 2 aromatic heterocycles. The Labute approximate surface area is 118 Å². The third-order valence-corrected chi connectivity index (χ3v) is 3.54. The van der Waals surface area contributed by atoms with Gasteiger partial charge in [0.05, 0.1) is 0 Å². The van der Waals surface area contributed by atoms with Crippen LogP contribution in [0.25, 0.3) is 0 Å². The first-order valence-electron chi connectivity index (χ1n) is 6.61. The normalized spacial score (nSPS) is 10.6. The maximum Gasteiger partial charge on any atom is 0.214 e. The summed E-state index contributed by atoms with van der Waals surface area (Å²) >= 11 is 1.70. The first-order chi connectivity index (χ1) is 9.28. The minimum Gasteiger partial charge on any atom is -0.472 e. The highest BCUT2D eigenvalue weighted by molar-refractivity contribution is 7.09. The fourth-order valence-corrected chi connectivity index (χ4v) is 2.45. The maximum atomic E-state index is 5.75. The van der Waals surface area contributed by atoms with Crippen LogP contribution in [0.1, 0.15) is 29.5 Å². The van der Waals surface area contributed by atoms with E-state index in [2.05, 4.69) is 34.7 Å². The highest BCUT2D eigenvalue weighted by Crippen LogP contribution is 2.16. The molecule has 0 bridgehead atoms. The van der Waals surface area contributed by atoms with Crippen molar-refractivity contribution in [1.82, 2.24) is 10.3 Å². The van der Waals surface area contributed by atoms with Crippen LogP contribution in [0.3, 0.4) is 0 Å². The van der Waals surface area contributed by atoms with Crippen molar-refractivity contribution in [2.75, 3.05) is 6.54 Å². The zero-order chi connectivity index (χ0) is 13.5. The molecular formula is C15H20N2OS. The lowest BCUT2D eigenvalue weighted by molar-refractivity contribution is 0.296. The molecule has 2 heterocycles. The third kappa shape index (κ3) is 4.65. The molecule has 19 heavy (non-hydrogen) atoms. The molecule has 0 spiro atoms. The van der Waals surface area contributed by atoms with E-state index >= 15 is 0 Å².